The van der Waals surface area contributed by atoms with Gasteiger partial charge in [0.15, 0.2) is 5.66 Å². The number of thioether (sulfide) groups is 1. The van der Waals surface area contributed by atoms with Crippen molar-refractivity contribution in [1.82, 2.24) is 0 Å². The lowest BCUT2D eigenvalue weighted by Gasteiger charge is -2.33. The summed E-state index contributed by atoms with van der Waals surface area (Å²) < 4.78 is 0. The summed E-state index contributed by atoms with van der Waals surface area (Å²) in [4.78, 5) is 13.3. The molecule has 0 aliphatic heterocycles. The Bertz CT molecular complexity index is 753. The van der Waals surface area contributed by atoms with E-state index in [1.54, 1.807) is 0 Å². The molecule has 0 aromatic heterocycles. The van der Waals surface area contributed by atoms with Gasteiger partial charge in [0.25, 0.3) is 0 Å². The van der Waals surface area contributed by atoms with Crippen molar-refractivity contribution in [2.45, 2.75) is 25.4 Å². The van der Waals surface area contributed by atoms with Crippen molar-refractivity contribution in [3.63, 3.8) is 0 Å². The molecule has 0 aliphatic rings. The number of hydrogen-bond donors (Lipinski definition) is 0. The van der Waals surface area contributed by atoms with Crippen LogP contribution in [0.3, 0.4) is 0 Å². The first kappa shape index (κ1) is 19.9. The van der Waals surface area contributed by atoms with E-state index in [0.717, 1.165) is 12.8 Å². The van der Waals surface area contributed by atoms with E-state index in [-0.39, 0.29) is 5.66 Å². The molecule has 0 saturated heterocycles. The third kappa shape index (κ3) is 3.88. The van der Waals surface area contributed by atoms with Crippen LogP contribution in [0.1, 0.15) is 19.8 Å². The van der Waals surface area contributed by atoms with E-state index in [2.05, 4.69) is 97.9 Å². The van der Waals surface area contributed by atoms with E-state index in [0.29, 0.717) is 5.12 Å². The molecule has 0 heterocycles. The van der Waals surface area contributed by atoms with E-state index in [9.17, 15) is 4.79 Å². The van der Waals surface area contributed by atoms with Crippen molar-refractivity contribution < 1.29 is 4.79 Å². The monoisotopic (exact) mass is 393 g/mol. The maximum absolute atomic E-state index is 13.3. The van der Waals surface area contributed by atoms with Gasteiger partial charge in [-0.25, -0.2) is 0 Å². The van der Waals surface area contributed by atoms with Gasteiger partial charge in [-0.05, 0) is 49.1 Å². The zero-order valence-corrected chi connectivity index (χ0v) is 17.6. The zero-order chi connectivity index (χ0) is 19.1. The molecule has 3 heteroatoms. The molecule has 138 valence electrons. The smallest absolute Gasteiger partial charge is 0.230 e. The summed E-state index contributed by atoms with van der Waals surface area (Å²) in [5.41, 5.74) is -0.0234. The van der Waals surface area contributed by atoms with Crippen molar-refractivity contribution in [1.29, 1.82) is 0 Å². The predicted molar refractivity (Wildman–Crippen MR) is 122 cm³/mol. The van der Waals surface area contributed by atoms with Gasteiger partial charge in [0.1, 0.15) is 23.2 Å². The molecule has 0 aliphatic carbocycles. The van der Waals surface area contributed by atoms with E-state index >= 15 is 0 Å². The van der Waals surface area contributed by atoms with Crippen molar-refractivity contribution in [2.75, 3.05) is 6.26 Å². The SMILES string of the molecule is CCCC(C(=O)SC)[P+](c1ccccc1)(c1ccccc1)c1ccccc1. The second-order valence-corrected chi connectivity index (χ2v) is 11.0. The minimum atomic E-state index is -2.12. The summed E-state index contributed by atoms with van der Waals surface area (Å²) in [5.74, 6) is 0. The molecule has 0 fully saturated rings. The van der Waals surface area contributed by atoms with Crippen LogP contribution >= 0.6 is 19.0 Å². The quantitative estimate of drug-likeness (QED) is 0.523. The fraction of sp³-hybridized carbons (Fsp3) is 0.208. The lowest BCUT2D eigenvalue weighted by atomic mass is 10.3. The first-order valence-corrected chi connectivity index (χ1v) is 12.5. The highest BCUT2D eigenvalue weighted by Crippen LogP contribution is 2.61. The van der Waals surface area contributed by atoms with Gasteiger partial charge >= 0.3 is 0 Å². The maximum atomic E-state index is 13.3. The van der Waals surface area contributed by atoms with Gasteiger partial charge in [-0.1, -0.05) is 79.7 Å². The summed E-state index contributed by atoms with van der Waals surface area (Å²) in [5, 5.41) is 4.14. The summed E-state index contributed by atoms with van der Waals surface area (Å²) >= 11 is 1.37. The second-order valence-electron chi connectivity index (χ2n) is 6.56. The van der Waals surface area contributed by atoms with Crippen LogP contribution in [0.25, 0.3) is 0 Å². The van der Waals surface area contributed by atoms with Gasteiger partial charge in [-0.2, -0.15) is 0 Å². The number of benzene rings is 3. The van der Waals surface area contributed by atoms with Crippen LogP contribution in [0.15, 0.2) is 91.0 Å². The topological polar surface area (TPSA) is 17.1 Å². The van der Waals surface area contributed by atoms with Gasteiger partial charge in [0, 0.05) is 0 Å². The zero-order valence-electron chi connectivity index (χ0n) is 15.9. The molecule has 0 bridgehead atoms. The molecule has 0 saturated carbocycles. The van der Waals surface area contributed by atoms with Gasteiger partial charge in [0.2, 0.25) is 5.12 Å². The second kappa shape index (κ2) is 9.35. The van der Waals surface area contributed by atoms with Gasteiger partial charge in [0.05, 0.1) is 0 Å². The molecule has 27 heavy (non-hydrogen) atoms. The minimum absolute atomic E-state index is 0.0234. The van der Waals surface area contributed by atoms with Gasteiger partial charge in [-0.15, -0.1) is 0 Å². The Morgan fingerprint density at radius 3 is 1.44 bits per heavy atom. The molecule has 0 radical (unpaired) electrons. The highest BCUT2D eigenvalue weighted by atomic mass is 32.2. The largest absolute Gasteiger partial charge is 0.283 e. The highest BCUT2D eigenvalue weighted by Gasteiger charge is 2.54. The van der Waals surface area contributed by atoms with E-state index in [4.69, 9.17) is 0 Å². The summed E-state index contributed by atoms with van der Waals surface area (Å²) in [7, 11) is -2.12. The van der Waals surface area contributed by atoms with Crippen LogP contribution in [-0.4, -0.2) is 17.0 Å². The fourth-order valence-electron chi connectivity index (χ4n) is 3.86. The molecule has 3 aromatic carbocycles. The molecule has 0 spiro atoms. The van der Waals surface area contributed by atoms with E-state index in [1.807, 2.05) is 6.26 Å². The molecule has 0 amide bonds. The molecule has 1 nitrogen and oxygen atoms in total. The molecule has 3 aromatic rings. The predicted octanol–water partition coefficient (Wildman–Crippen LogP) is 5.04. The summed E-state index contributed by atoms with van der Waals surface area (Å²) in [6, 6.07) is 32.0. The van der Waals surface area contributed by atoms with Crippen molar-refractivity contribution in [3.8, 4) is 0 Å². The van der Waals surface area contributed by atoms with Crippen molar-refractivity contribution in [2.24, 2.45) is 0 Å². The number of hydrogen-bond acceptors (Lipinski definition) is 2. The minimum Gasteiger partial charge on any atom is -0.283 e. The first-order valence-electron chi connectivity index (χ1n) is 9.38. The number of carbonyl (C=O) groups excluding carboxylic acids is 1. The fourth-order valence-corrected chi connectivity index (χ4v) is 9.90. The van der Waals surface area contributed by atoms with E-state index in [1.165, 1.54) is 27.7 Å². The number of carbonyl (C=O) groups is 1. The van der Waals surface area contributed by atoms with Crippen LogP contribution in [0.5, 0.6) is 0 Å². The average molecular weight is 394 g/mol. The Morgan fingerprint density at radius 2 is 1.15 bits per heavy atom. The van der Waals surface area contributed by atoms with Crippen LogP contribution in [0.4, 0.5) is 0 Å². The van der Waals surface area contributed by atoms with Crippen LogP contribution in [0, 0.1) is 0 Å². The molecule has 1 unspecified atom stereocenters. The Labute approximate surface area is 167 Å². The van der Waals surface area contributed by atoms with Crippen LogP contribution in [-0.2, 0) is 4.79 Å². The molecule has 1 atom stereocenters. The third-order valence-electron chi connectivity index (χ3n) is 4.99. The third-order valence-corrected chi connectivity index (χ3v) is 10.6. The standard InChI is InChI=1S/C24H26OPS/c1-3-13-23(24(25)27-2)26(20-14-7-4-8-15-20,21-16-9-5-10-17-21)22-18-11-6-12-19-22/h4-12,14-19,23H,3,13H2,1-2H3/q+1. The molecule has 0 N–H and O–H groups in total. The van der Waals surface area contributed by atoms with Crippen molar-refractivity contribution >= 4 is 40.1 Å². The summed E-state index contributed by atoms with van der Waals surface area (Å²) in [6.07, 6.45) is 3.80. The Hall–Kier alpha value is -1.89. The van der Waals surface area contributed by atoms with Crippen molar-refractivity contribution in [3.05, 3.63) is 91.0 Å². The molecule has 3 rings (SSSR count). The maximum Gasteiger partial charge on any atom is 0.230 e. The number of rotatable bonds is 7. The lowest BCUT2D eigenvalue weighted by molar-refractivity contribution is -0.110. The average Bonchev–Trinajstić information content (AvgIpc) is 2.75. The Morgan fingerprint density at radius 1 is 0.778 bits per heavy atom. The molecular weight excluding hydrogens is 367 g/mol. The van der Waals surface area contributed by atoms with Crippen LogP contribution in [0.2, 0.25) is 0 Å². The highest BCUT2D eigenvalue weighted by molar-refractivity contribution is 8.14. The molecular formula is C24H26OPS+. The van der Waals surface area contributed by atoms with Gasteiger partial charge in [-0.3, -0.25) is 4.79 Å². The Balaban J connectivity index is 2.40. The first-order chi connectivity index (χ1) is 13.2. The lowest BCUT2D eigenvalue weighted by Crippen LogP contribution is -2.41. The van der Waals surface area contributed by atoms with E-state index < -0.39 is 7.26 Å². The Kier molecular flexibility index (Phi) is 6.88. The summed E-state index contributed by atoms with van der Waals surface area (Å²) in [6.45, 7) is 2.18. The van der Waals surface area contributed by atoms with Crippen LogP contribution < -0.4 is 15.9 Å². The van der Waals surface area contributed by atoms with Gasteiger partial charge < -0.3 is 0 Å². The normalized spacial score (nSPS) is 12.5.